The number of aryl methyl sites for hydroxylation is 1. The Kier molecular flexibility index (Phi) is 5.36. The number of carbonyl (C=O) groups excluding carboxylic acids is 1. The number of ether oxygens (including phenoxy) is 1. The molecule has 0 spiro atoms. The summed E-state index contributed by atoms with van der Waals surface area (Å²) in [6, 6.07) is 11.7. The van der Waals surface area contributed by atoms with Crippen LogP contribution in [0.25, 0.3) is 0 Å². The third-order valence-corrected chi connectivity index (χ3v) is 3.58. The van der Waals surface area contributed by atoms with E-state index in [1.54, 1.807) is 33.2 Å². The molecule has 0 radical (unpaired) electrons. The average molecular weight is 329 g/mol. The number of amides is 2. The Morgan fingerprint density at radius 1 is 1.25 bits per heavy atom. The van der Waals surface area contributed by atoms with Gasteiger partial charge in [-0.2, -0.15) is 0 Å². The fraction of sp³-hybridized carbons (Fsp3) is 0.235. The number of benzene rings is 2. The molecule has 0 saturated heterocycles. The Labute approximate surface area is 140 Å². The lowest BCUT2D eigenvalue weighted by atomic mass is 10.2. The first-order valence-electron chi connectivity index (χ1n) is 7.31. The van der Waals surface area contributed by atoms with Crippen molar-refractivity contribution in [1.29, 1.82) is 0 Å². The molecule has 1 N–H and O–H groups in total. The van der Waals surface area contributed by atoms with Crippen LogP contribution in [-0.2, 0) is 6.54 Å². The van der Waals surface area contributed by atoms with E-state index in [1.807, 2.05) is 24.3 Å². The summed E-state index contributed by atoms with van der Waals surface area (Å²) < 4.78 is 5.09. The van der Waals surface area contributed by atoms with Crippen LogP contribution in [0, 0.1) is 17.0 Å². The maximum Gasteiger partial charge on any atom is 0.321 e. The number of hydrogen-bond acceptors (Lipinski definition) is 4. The third kappa shape index (κ3) is 4.22. The molecule has 0 aromatic heterocycles. The predicted octanol–water partition coefficient (Wildman–Crippen LogP) is 3.58. The molecule has 7 nitrogen and oxygen atoms in total. The summed E-state index contributed by atoms with van der Waals surface area (Å²) in [7, 11) is 3.25. The second-order valence-corrected chi connectivity index (χ2v) is 5.39. The Balaban J connectivity index is 2.03. The summed E-state index contributed by atoms with van der Waals surface area (Å²) in [5.74, 6) is 0.748. The zero-order chi connectivity index (χ0) is 17.7. The molecule has 0 aliphatic heterocycles. The maximum atomic E-state index is 12.2. The summed E-state index contributed by atoms with van der Waals surface area (Å²) in [4.78, 5) is 24.2. The van der Waals surface area contributed by atoms with E-state index in [0.717, 1.165) is 11.3 Å². The number of nitrogens with one attached hydrogen (secondary N) is 1. The summed E-state index contributed by atoms with van der Waals surface area (Å²) in [5.41, 5.74) is 1.86. The van der Waals surface area contributed by atoms with Crippen molar-refractivity contribution in [2.75, 3.05) is 19.5 Å². The largest absolute Gasteiger partial charge is 0.497 e. The van der Waals surface area contributed by atoms with Crippen molar-refractivity contribution in [3.8, 4) is 5.75 Å². The molecule has 2 rings (SSSR count). The van der Waals surface area contributed by atoms with Gasteiger partial charge in [0.1, 0.15) is 5.75 Å². The van der Waals surface area contributed by atoms with Gasteiger partial charge in [0.05, 0.1) is 12.0 Å². The van der Waals surface area contributed by atoms with Gasteiger partial charge in [0.15, 0.2) is 0 Å². The summed E-state index contributed by atoms with van der Waals surface area (Å²) in [5, 5.41) is 13.6. The van der Waals surface area contributed by atoms with Crippen molar-refractivity contribution in [3.63, 3.8) is 0 Å². The highest BCUT2D eigenvalue weighted by Gasteiger charge is 2.14. The topological polar surface area (TPSA) is 84.7 Å². The van der Waals surface area contributed by atoms with Gasteiger partial charge in [-0.15, -0.1) is 0 Å². The SMILES string of the molecule is COc1ccc(CN(C)C(=O)Nc2ccc(C)c([N+](=O)[O-])c2)cc1. The van der Waals surface area contributed by atoms with Crippen LogP contribution in [-0.4, -0.2) is 30.0 Å². The number of rotatable bonds is 5. The lowest BCUT2D eigenvalue weighted by Crippen LogP contribution is -2.30. The van der Waals surface area contributed by atoms with Crippen LogP contribution in [0.1, 0.15) is 11.1 Å². The molecule has 0 unspecified atom stereocenters. The smallest absolute Gasteiger partial charge is 0.321 e. The molecular weight excluding hydrogens is 310 g/mol. The highest BCUT2D eigenvalue weighted by Crippen LogP contribution is 2.22. The van der Waals surface area contributed by atoms with Gasteiger partial charge >= 0.3 is 6.03 Å². The molecule has 0 bridgehead atoms. The highest BCUT2D eigenvalue weighted by atomic mass is 16.6. The zero-order valence-electron chi connectivity index (χ0n) is 13.8. The molecule has 0 aliphatic rings. The fourth-order valence-corrected chi connectivity index (χ4v) is 2.18. The molecule has 0 saturated carbocycles. The Morgan fingerprint density at radius 3 is 2.50 bits per heavy atom. The van der Waals surface area contributed by atoms with Crippen molar-refractivity contribution in [2.24, 2.45) is 0 Å². The van der Waals surface area contributed by atoms with Crippen molar-refractivity contribution < 1.29 is 14.5 Å². The molecule has 2 amide bonds. The Bertz CT molecular complexity index is 744. The van der Waals surface area contributed by atoms with Crippen LogP contribution in [0.4, 0.5) is 16.2 Å². The van der Waals surface area contributed by atoms with E-state index in [1.165, 1.54) is 11.0 Å². The molecule has 0 fully saturated rings. The molecular formula is C17H19N3O4. The van der Waals surface area contributed by atoms with Crippen LogP contribution in [0.2, 0.25) is 0 Å². The van der Waals surface area contributed by atoms with Crippen LogP contribution in [0.3, 0.4) is 0 Å². The minimum Gasteiger partial charge on any atom is -0.497 e. The summed E-state index contributed by atoms with van der Waals surface area (Å²) >= 11 is 0. The zero-order valence-corrected chi connectivity index (χ0v) is 13.8. The molecule has 24 heavy (non-hydrogen) atoms. The number of nitrogens with zero attached hydrogens (tertiary/aromatic N) is 2. The van der Waals surface area contributed by atoms with Gasteiger partial charge in [0.2, 0.25) is 0 Å². The second-order valence-electron chi connectivity index (χ2n) is 5.39. The van der Waals surface area contributed by atoms with Crippen molar-refractivity contribution in [3.05, 3.63) is 63.7 Å². The van der Waals surface area contributed by atoms with Crippen LogP contribution in [0.15, 0.2) is 42.5 Å². The molecule has 0 atom stereocenters. The van der Waals surface area contributed by atoms with E-state index in [-0.39, 0.29) is 11.7 Å². The number of nitro groups is 1. The Hall–Kier alpha value is -3.09. The highest BCUT2D eigenvalue weighted by molar-refractivity contribution is 5.89. The van der Waals surface area contributed by atoms with Crippen LogP contribution in [0.5, 0.6) is 5.75 Å². The van der Waals surface area contributed by atoms with Gasteiger partial charge in [-0.3, -0.25) is 10.1 Å². The standard InChI is InChI=1S/C17H19N3O4/c1-12-4-7-14(10-16(12)20(22)23)18-17(21)19(2)11-13-5-8-15(24-3)9-6-13/h4-10H,11H2,1-3H3,(H,18,21). The number of anilines is 1. The second kappa shape index (κ2) is 7.45. The first-order valence-corrected chi connectivity index (χ1v) is 7.31. The first-order chi connectivity index (χ1) is 11.4. The monoisotopic (exact) mass is 329 g/mol. The summed E-state index contributed by atoms with van der Waals surface area (Å²) in [6.07, 6.45) is 0. The molecule has 126 valence electrons. The molecule has 7 heteroatoms. The van der Waals surface area contributed by atoms with Crippen molar-refractivity contribution >= 4 is 17.4 Å². The third-order valence-electron chi connectivity index (χ3n) is 3.58. The van der Waals surface area contributed by atoms with E-state index in [9.17, 15) is 14.9 Å². The maximum absolute atomic E-state index is 12.2. The van der Waals surface area contributed by atoms with Crippen LogP contribution >= 0.6 is 0 Å². The van der Waals surface area contributed by atoms with Gasteiger partial charge in [-0.05, 0) is 30.7 Å². The number of methoxy groups -OCH3 is 1. The van der Waals surface area contributed by atoms with Crippen molar-refractivity contribution in [1.82, 2.24) is 4.90 Å². The fourth-order valence-electron chi connectivity index (χ4n) is 2.18. The van der Waals surface area contributed by atoms with Crippen LogP contribution < -0.4 is 10.1 Å². The molecule has 0 aliphatic carbocycles. The number of nitro benzene ring substituents is 1. The van der Waals surface area contributed by atoms with Gasteiger partial charge < -0.3 is 15.0 Å². The minimum absolute atomic E-state index is 0.0226. The summed E-state index contributed by atoms with van der Waals surface area (Å²) in [6.45, 7) is 2.06. The molecule has 2 aromatic rings. The normalized spacial score (nSPS) is 10.1. The van der Waals surface area contributed by atoms with E-state index < -0.39 is 4.92 Å². The average Bonchev–Trinajstić information content (AvgIpc) is 2.57. The molecule has 0 heterocycles. The van der Waals surface area contributed by atoms with Gasteiger partial charge in [0.25, 0.3) is 5.69 Å². The number of hydrogen-bond donors (Lipinski definition) is 1. The van der Waals surface area contributed by atoms with E-state index in [4.69, 9.17) is 4.74 Å². The quantitative estimate of drug-likeness (QED) is 0.671. The van der Waals surface area contributed by atoms with Gasteiger partial charge in [-0.25, -0.2) is 4.79 Å². The molecule has 2 aromatic carbocycles. The number of urea groups is 1. The number of carbonyl (C=O) groups is 1. The lowest BCUT2D eigenvalue weighted by molar-refractivity contribution is -0.385. The predicted molar refractivity (Wildman–Crippen MR) is 91.3 cm³/mol. The van der Waals surface area contributed by atoms with E-state index >= 15 is 0 Å². The van der Waals surface area contributed by atoms with Gasteiger partial charge in [-0.1, -0.05) is 18.2 Å². The lowest BCUT2D eigenvalue weighted by Gasteiger charge is -2.18. The Morgan fingerprint density at radius 2 is 1.92 bits per heavy atom. The minimum atomic E-state index is -0.466. The first kappa shape index (κ1) is 17.3. The van der Waals surface area contributed by atoms with E-state index in [0.29, 0.717) is 17.8 Å². The van der Waals surface area contributed by atoms with Crippen molar-refractivity contribution in [2.45, 2.75) is 13.5 Å². The van der Waals surface area contributed by atoms with E-state index in [2.05, 4.69) is 5.32 Å². The van der Waals surface area contributed by atoms with Gasteiger partial charge in [0, 0.05) is 30.9 Å².